The molecule has 0 spiro atoms. The van der Waals surface area contributed by atoms with Gasteiger partial charge in [-0.3, -0.25) is 4.68 Å². The molecule has 5 nitrogen and oxygen atoms in total. The van der Waals surface area contributed by atoms with Gasteiger partial charge in [0.05, 0.1) is 6.20 Å². The monoisotopic (exact) mass is 217 g/mol. The van der Waals surface area contributed by atoms with E-state index in [4.69, 9.17) is 5.73 Å². The molecule has 0 aromatic carbocycles. The minimum absolute atomic E-state index is 0.698. The molecule has 0 aliphatic heterocycles. The van der Waals surface area contributed by atoms with Gasteiger partial charge >= 0.3 is 0 Å². The Hall–Kier alpha value is -2.04. The molecule has 0 aliphatic rings. The van der Waals surface area contributed by atoms with E-state index in [9.17, 15) is 0 Å². The van der Waals surface area contributed by atoms with Crippen LogP contribution in [0.3, 0.4) is 0 Å². The van der Waals surface area contributed by atoms with Gasteiger partial charge in [0.2, 0.25) is 0 Å². The first-order valence-corrected chi connectivity index (χ1v) is 5.08. The van der Waals surface area contributed by atoms with Crippen molar-refractivity contribution < 1.29 is 0 Å². The molecule has 0 amide bonds. The number of nitrogens with one attached hydrogen (secondary N) is 1. The van der Waals surface area contributed by atoms with Gasteiger partial charge in [0.15, 0.2) is 0 Å². The highest BCUT2D eigenvalue weighted by atomic mass is 15.2. The first-order valence-electron chi connectivity index (χ1n) is 5.08. The summed E-state index contributed by atoms with van der Waals surface area (Å²) in [5, 5.41) is 7.29. The Bertz CT molecular complexity index is 489. The quantitative estimate of drug-likeness (QED) is 0.813. The van der Waals surface area contributed by atoms with Crippen LogP contribution in [0.5, 0.6) is 0 Å². The standard InChI is InChI=1S/C11H15N5/c1-8-4-13-11(3-10(8)12)14-5-9-6-15-16(2)7-9/h3-4,6-7H,5H2,1-2H3,(H3,12,13,14). The predicted molar refractivity (Wildman–Crippen MR) is 63.9 cm³/mol. The molecule has 0 radical (unpaired) electrons. The highest BCUT2D eigenvalue weighted by Crippen LogP contribution is 2.14. The summed E-state index contributed by atoms with van der Waals surface area (Å²) in [6.45, 7) is 2.64. The summed E-state index contributed by atoms with van der Waals surface area (Å²) in [6, 6.07) is 1.84. The van der Waals surface area contributed by atoms with E-state index in [-0.39, 0.29) is 0 Å². The highest BCUT2D eigenvalue weighted by molar-refractivity contribution is 5.53. The third-order valence-electron chi connectivity index (χ3n) is 2.38. The molecule has 84 valence electrons. The fourth-order valence-electron chi connectivity index (χ4n) is 1.39. The molecule has 5 heteroatoms. The number of hydrogen-bond donors (Lipinski definition) is 2. The molecular formula is C11H15N5. The smallest absolute Gasteiger partial charge is 0.128 e. The zero-order chi connectivity index (χ0) is 11.5. The molecule has 0 unspecified atom stereocenters. The fraction of sp³-hybridized carbons (Fsp3) is 0.273. The summed E-state index contributed by atoms with van der Waals surface area (Å²) in [7, 11) is 1.89. The third kappa shape index (κ3) is 2.31. The summed E-state index contributed by atoms with van der Waals surface area (Å²) in [6.07, 6.45) is 5.55. The Kier molecular flexibility index (Phi) is 2.76. The average Bonchev–Trinajstić information content (AvgIpc) is 2.66. The van der Waals surface area contributed by atoms with Crippen LogP contribution in [0.2, 0.25) is 0 Å². The largest absolute Gasteiger partial charge is 0.398 e. The molecule has 2 heterocycles. The molecule has 0 saturated heterocycles. The maximum absolute atomic E-state index is 5.80. The minimum atomic E-state index is 0.698. The van der Waals surface area contributed by atoms with Crippen molar-refractivity contribution in [3.63, 3.8) is 0 Å². The van der Waals surface area contributed by atoms with Gasteiger partial charge in [0.1, 0.15) is 5.82 Å². The molecule has 0 aliphatic carbocycles. The van der Waals surface area contributed by atoms with Crippen LogP contribution in [0.25, 0.3) is 0 Å². The molecular weight excluding hydrogens is 202 g/mol. The maximum atomic E-state index is 5.80. The number of pyridine rings is 1. The zero-order valence-corrected chi connectivity index (χ0v) is 9.44. The number of aromatic nitrogens is 3. The van der Waals surface area contributed by atoms with Crippen LogP contribution in [0.4, 0.5) is 11.5 Å². The Labute approximate surface area is 94.3 Å². The Balaban J connectivity index is 2.02. The van der Waals surface area contributed by atoms with Crippen molar-refractivity contribution in [1.29, 1.82) is 0 Å². The Morgan fingerprint density at radius 2 is 2.25 bits per heavy atom. The van der Waals surface area contributed by atoms with Crippen molar-refractivity contribution in [2.45, 2.75) is 13.5 Å². The second-order valence-corrected chi connectivity index (χ2v) is 3.80. The summed E-state index contributed by atoms with van der Waals surface area (Å²) in [4.78, 5) is 4.24. The van der Waals surface area contributed by atoms with Gasteiger partial charge in [-0.15, -0.1) is 0 Å². The second-order valence-electron chi connectivity index (χ2n) is 3.80. The molecule has 0 saturated carbocycles. The normalized spacial score (nSPS) is 10.4. The molecule has 0 bridgehead atoms. The van der Waals surface area contributed by atoms with Crippen molar-refractivity contribution >= 4 is 11.5 Å². The molecule has 3 N–H and O–H groups in total. The van der Waals surface area contributed by atoms with Crippen molar-refractivity contribution in [3.05, 3.63) is 35.8 Å². The van der Waals surface area contributed by atoms with E-state index >= 15 is 0 Å². The molecule has 0 fully saturated rings. The fourth-order valence-corrected chi connectivity index (χ4v) is 1.39. The first kappa shape index (κ1) is 10.5. The van der Waals surface area contributed by atoms with Gasteiger partial charge in [-0.05, 0) is 12.5 Å². The van der Waals surface area contributed by atoms with Gasteiger partial charge < -0.3 is 11.1 Å². The summed E-state index contributed by atoms with van der Waals surface area (Å²) in [5.41, 5.74) is 8.66. The zero-order valence-electron chi connectivity index (χ0n) is 9.44. The molecule has 2 aromatic rings. The van der Waals surface area contributed by atoms with Crippen molar-refractivity contribution in [2.24, 2.45) is 7.05 Å². The topological polar surface area (TPSA) is 68.8 Å². The van der Waals surface area contributed by atoms with Crippen molar-refractivity contribution in [1.82, 2.24) is 14.8 Å². The predicted octanol–water partition coefficient (Wildman–Crippen LogP) is 1.32. The molecule has 2 aromatic heterocycles. The van der Waals surface area contributed by atoms with Gasteiger partial charge in [-0.1, -0.05) is 0 Å². The van der Waals surface area contributed by atoms with Crippen LogP contribution >= 0.6 is 0 Å². The van der Waals surface area contributed by atoms with Crippen molar-refractivity contribution in [3.8, 4) is 0 Å². The number of aryl methyl sites for hydroxylation is 2. The van der Waals surface area contributed by atoms with E-state index in [2.05, 4.69) is 15.4 Å². The van der Waals surface area contributed by atoms with Crippen LogP contribution < -0.4 is 11.1 Å². The number of nitrogens with zero attached hydrogens (tertiary/aromatic N) is 3. The van der Waals surface area contributed by atoms with Gasteiger partial charge in [-0.2, -0.15) is 5.10 Å². The Morgan fingerprint density at radius 3 is 2.88 bits per heavy atom. The van der Waals surface area contributed by atoms with E-state index in [1.54, 1.807) is 10.9 Å². The first-order chi connectivity index (χ1) is 7.65. The average molecular weight is 217 g/mol. The lowest BCUT2D eigenvalue weighted by atomic mass is 10.2. The molecule has 2 rings (SSSR count). The molecule has 0 atom stereocenters. The van der Waals surface area contributed by atoms with E-state index in [1.807, 2.05) is 32.4 Å². The number of rotatable bonds is 3. The highest BCUT2D eigenvalue weighted by Gasteiger charge is 1.99. The summed E-state index contributed by atoms with van der Waals surface area (Å²) < 4.78 is 1.77. The number of nitrogen functional groups attached to an aromatic ring is 1. The maximum Gasteiger partial charge on any atom is 0.128 e. The van der Waals surface area contributed by atoms with Crippen LogP contribution in [0, 0.1) is 6.92 Å². The lowest BCUT2D eigenvalue weighted by Gasteiger charge is -2.05. The summed E-state index contributed by atoms with van der Waals surface area (Å²) >= 11 is 0. The van der Waals surface area contributed by atoms with E-state index < -0.39 is 0 Å². The molecule has 16 heavy (non-hydrogen) atoms. The number of anilines is 2. The SMILES string of the molecule is Cc1cnc(NCc2cnn(C)c2)cc1N. The third-order valence-corrected chi connectivity index (χ3v) is 2.38. The number of hydrogen-bond acceptors (Lipinski definition) is 4. The van der Waals surface area contributed by atoms with Gasteiger partial charge in [0, 0.05) is 43.3 Å². The van der Waals surface area contributed by atoms with Crippen LogP contribution in [-0.4, -0.2) is 14.8 Å². The van der Waals surface area contributed by atoms with E-state index in [0.717, 1.165) is 22.6 Å². The van der Waals surface area contributed by atoms with Crippen molar-refractivity contribution in [2.75, 3.05) is 11.1 Å². The van der Waals surface area contributed by atoms with Gasteiger partial charge in [0.25, 0.3) is 0 Å². The van der Waals surface area contributed by atoms with Crippen LogP contribution in [0.1, 0.15) is 11.1 Å². The second kappa shape index (κ2) is 4.22. The van der Waals surface area contributed by atoms with Crippen LogP contribution in [-0.2, 0) is 13.6 Å². The van der Waals surface area contributed by atoms with Gasteiger partial charge in [-0.25, -0.2) is 4.98 Å². The summed E-state index contributed by atoms with van der Waals surface area (Å²) in [5.74, 6) is 0.784. The Morgan fingerprint density at radius 1 is 1.44 bits per heavy atom. The van der Waals surface area contributed by atoms with E-state index in [1.165, 1.54) is 0 Å². The number of nitrogens with two attached hydrogens (primary N) is 1. The lowest BCUT2D eigenvalue weighted by molar-refractivity contribution is 0.767. The van der Waals surface area contributed by atoms with Crippen LogP contribution in [0.15, 0.2) is 24.7 Å². The lowest BCUT2D eigenvalue weighted by Crippen LogP contribution is -2.02. The minimum Gasteiger partial charge on any atom is -0.398 e. The van der Waals surface area contributed by atoms with E-state index in [0.29, 0.717) is 6.54 Å².